The summed E-state index contributed by atoms with van der Waals surface area (Å²) in [4.78, 5) is 80.5. The van der Waals surface area contributed by atoms with Crippen molar-refractivity contribution in [1.82, 2.24) is 20.1 Å². The minimum atomic E-state index is -2.65. The van der Waals surface area contributed by atoms with Gasteiger partial charge in [0.1, 0.15) is 11.4 Å². The average molecular weight is 541 g/mol. The Kier molecular flexibility index (Phi) is 8.41. The van der Waals surface area contributed by atoms with E-state index in [2.05, 4.69) is 5.10 Å². The van der Waals surface area contributed by atoms with Gasteiger partial charge in [-0.25, -0.2) is 29.5 Å². The predicted molar refractivity (Wildman–Crippen MR) is 128 cm³/mol. The number of primary amides is 1. The van der Waals surface area contributed by atoms with Gasteiger partial charge in [0, 0.05) is 21.1 Å². The van der Waals surface area contributed by atoms with Crippen molar-refractivity contribution >= 4 is 41.6 Å². The number of ether oxygens (including phenoxy) is 4. The third-order valence-corrected chi connectivity index (χ3v) is 5.46. The first kappa shape index (κ1) is 30.0. The van der Waals surface area contributed by atoms with Crippen molar-refractivity contribution < 1.29 is 47.7 Å². The molecule has 3 unspecified atom stereocenters. The van der Waals surface area contributed by atoms with Gasteiger partial charge in [-0.05, 0) is 27.7 Å². The maximum absolute atomic E-state index is 13.8. The van der Waals surface area contributed by atoms with Crippen LogP contribution in [0.25, 0.3) is 0 Å². The monoisotopic (exact) mass is 540 g/mol. The van der Waals surface area contributed by atoms with Crippen LogP contribution in [0.4, 0.5) is 9.59 Å². The fraction of sp³-hybridized carbons (Fsp3) is 0.591. The number of rotatable bonds is 8. The molecule has 2 heterocycles. The van der Waals surface area contributed by atoms with Crippen molar-refractivity contribution in [3.05, 3.63) is 11.4 Å². The third-order valence-electron chi connectivity index (χ3n) is 5.46. The van der Waals surface area contributed by atoms with Crippen molar-refractivity contribution in [3.8, 4) is 0 Å². The van der Waals surface area contributed by atoms with E-state index in [0.717, 1.165) is 26.2 Å². The first-order valence-electron chi connectivity index (χ1n) is 11.2. The van der Waals surface area contributed by atoms with Gasteiger partial charge in [0.2, 0.25) is 0 Å². The van der Waals surface area contributed by atoms with Crippen LogP contribution in [0.1, 0.15) is 27.7 Å². The number of amides is 5. The Balaban J connectivity index is 2.90. The molecule has 2 aliphatic rings. The molecule has 2 rings (SSSR count). The van der Waals surface area contributed by atoms with Crippen molar-refractivity contribution in [3.63, 3.8) is 0 Å². The molecule has 0 aliphatic carbocycles. The van der Waals surface area contributed by atoms with Crippen LogP contribution in [0.2, 0.25) is 0 Å². The molecule has 210 valence electrons. The lowest BCUT2D eigenvalue weighted by Crippen LogP contribution is -2.60. The topological polar surface area (TPSA) is 199 Å². The molecular formula is C22H32N6O10. The number of methoxy groups -OCH3 is 2. The molecular weight excluding hydrogens is 508 g/mol. The normalized spacial score (nSPS) is 22.2. The molecule has 1 saturated heterocycles. The zero-order chi connectivity index (χ0) is 29.3. The minimum absolute atomic E-state index is 0.206. The maximum atomic E-state index is 13.8. The van der Waals surface area contributed by atoms with E-state index >= 15 is 0 Å². The zero-order valence-corrected chi connectivity index (χ0v) is 22.6. The number of nitrogens with one attached hydrogen (secondary N) is 1. The van der Waals surface area contributed by atoms with Gasteiger partial charge in [0.15, 0.2) is 12.0 Å². The summed E-state index contributed by atoms with van der Waals surface area (Å²) in [6.45, 7) is 5.94. The molecule has 38 heavy (non-hydrogen) atoms. The number of carbonyl (C=O) groups excluding carboxylic acids is 6. The highest BCUT2D eigenvalue weighted by atomic mass is 16.6. The van der Waals surface area contributed by atoms with Gasteiger partial charge < -0.3 is 29.6 Å². The maximum Gasteiger partial charge on any atom is 0.341 e. The Bertz CT molecular complexity index is 1120. The molecule has 16 heteroatoms. The molecule has 16 nitrogen and oxygen atoms in total. The van der Waals surface area contributed by atoms with Crippen LogP contribution in [0.5, 0.6) is 0 Å². The van der Waals surface area contributed by atoms with Gasteiger partial charge in [0.25, 0.3) is 11.6 Å². The number of carbonyl (C=O) groups is 6. The summed E-state index contributed by atoms with van der Waals surface area (Å²) < 4.78 is 21.2. The molecule has 5 amide bonds. The van der Waals surface area contributed by atoms with Gasteiger partial charge >= 0.3 is 30.0 Å². The van der Waals surface area contributed by atoms with Crippen LogP contribution in [0.3, 0.4) is 0 Å². The third kappa shape index (κ3) is 5.11. The molecule has 0 spiro atoms. The first-order valence-corrected chi connectivity index (χ1v) is 11.2. The summed E-state index contributed by atoms with van der Waals surface area (Å²) in [5, 5.41) is 3.71. The summed E-state index contributed by atoms with van der Waals surface area (Å²) in [6.07, 6.45) is -1.89. The van der Waals surface area contributed by atoms with Crippen molar-refractivity contribution in [2.24, 2.45) is 16.8 Å². The largest absolute Gasteiger partial charge is 0.468 e. The van der Waals surface area contributed by atoms with E-state index < -0.39 is 64.8 Å². The summed E-state index contributed by atoms with van der Waals surface area (Å²) >= 11 is 0. The van der Waals surface area contributed by atoms with E-state index in [9.17, 15) is 28.8 Å². The number of imide groups is 1. The molecule has 0 aromatic rings. The SMILES string of the molecule is COC(=O)C1=C(N(C)C)N2C(=O)N(C)C(=O)C2(OC(C(=O)OC(C)(C)C)/C(C)=N/NC(N)=O)C1C(=O)OC. The fourth-order valence-electron chi connectivity index (χ4n) is 4.03. The second-order valence-corrected chi connectivity index (χ2v) is 9.52. The Morgan fingerprint density at radius 3 is 2.16 bits per heavy atom. The Hall–Kier alpha value is -4.21. The summed E-state index contributed by atoms with van der Waals surface area (Å²) in [5.41, 5.74) is 2.63. The molecule has 1 fully saturated rings. The summed E-state index contributed by atoms with van der Waals surface area (Å²) in [6, 6.07) is -2.05. The van der Waals surface area contributed by atoms with E-state index in [0.29, 0.717) is 4.90 Å². The smallest absolute Gasteiger partial charge is 0.341 e. The van der Waals surface area contributed by atoms with Gasteiger partial charge in [-0.3, -0.25) is 14.5 Å². The number of esters is 3. The molecule has 2 aliphatic heterocycles. The van der Waals surface area contributed by atoms with Crippen LogP contribution in [-0.2, 0) is 38.1 Å². The van der Waals surface area contributed by atoms with Gasteiger partial charge in [-0.2, -0.15) is 5.10 Å². The fourth-order valence-corrected chi connectivity index (χ4v) is 4.03. The molecule has 0 aromatic heterocycles. The summed E-state index contributed by atoms with van der Waals surface area (Å²) in [7, 11) is 6.08. The van der Waals surface area contributed by atoms with Crippen LogP contribution >= 0.6 is 0 Å². The van der Waals surface area contributed by atoms with Crippen molar-refractivity contribution in [1.29, 1.82) is 0 Å². The van der Waals surface area contributed by atoms with E-state index in [-0.39, 0.29) is 11.5 Å². The number of nitrogens with zero attached hydrogens (tertiary/aromatic N) is 4. The Morgan fingerprint density at radius 2 is 1.71 bits per heavy atom. The number of hydrogen-bond acceptors (Lipinski definition) is 12. The van der Waals surface area contributed by atoms with E-state index in [1.165, 1.54) is 25.9 Å². The number of nitrogens with two attached hydrogens (primary N) is 1. The van der Waals surface area contributed by atoms with Crippen molar-refractivity contribution in [2.75, 3.05) is 35.4 Å². The lowest BCUT2D eigenvalue weighted by Gasteiger charge is -2.37. The lowest BCUT2D eigenvalue weighted by molar-refractivity contribution is -0.198. The van der Waals surface area contributed by atoms with E-state index in [1.807, 2.05) is 5.43 Å². The standard InChI is InChI=1S/C22H32N6O10/c1-10(24-25-19(23)33)13(17(31)38-21(2,3)4)37-22-12(16(30)36-9)11(15(29)35-8)14(26(5)6)28(22)20(34)27(7)18(22)32/h12-13H,1-9H3,(H3,23,25,33)/b24-10+. The molecule has 0 radical (unpaired) electrons. The molecule has 0 aromatic carbocycles. The Morgan fingerprint density at radius 1 is 1.13 bits per heavy atom. The van der Waals surface area contributed by atoms with Crippen LogP contribution < -0.4 is 11.2 Å². The molecule has 0 saturated carbocycles. The second kappa shape index (κ2) is 10.6. The second-order valence-electron chi connectivity index (χ2n) is 9.52. The quantitative estimate of drug-likeness (QED) is 0.127. The molecule has 0 bridgehead atoms. The number of urea groups is 2. The molecule has 3 N–H and O–H groups in total. The molecule has 3 atom stereocenters. The summed E-state index contributed by atoms with van der Waals surface area (Å²) in [5.74, 6) is -6.49. The van der Waals surface area contributed by atoms with Crippen LogP contribution in [0, 0.1) is 5.92 Å². The lowest BCUT2D eigenvalue weighted by atomic mass is 9.89. The van der Waals surface area contributed by atoms with E-state index in [1.54, 1.807) is 20.8 Å². The highest BCUT2D eigenvalue weighted by molar-refractivity contribution is 6.14. The number of fused-ring (bicyclic) bond motifs is 1. The average Bonchev–Trinajstić information content (AvgIpc) is 3.22. The Labute approximate surface area is 218 Å². The van der Waals surface area contributed by atoms with Gasteiger partial charge in [-0.1, -0.05) is 0 Å². The highest BCUT2D eigenvalue weighted by Gasteiger charge is 2.73. The van der Waals surface area contributed by atoms with E-state index in [4.69, 9.17) is 24.7 Å². The van der Waals surface area contributed by atoms with Crippen molar-refractivity contribution in [2.45, 2.75) is 45.1 Å². The highest BCUT2D eigenvalue weighted by Crippen LogP contribution is 2.50. The zero-order valence-electron chi connectivity index (χ0n) is 22.6. The number of hydrazone groups is 1. The first-order chi connectivity index (χ1) is 17.5. The van der Waals surface area contributed by atoms with Crippen LogP contribution in [-0.4, -0.2) is 109 Å². The van der Waals surface area contributed by atoms with Gasteiger partial charge in [0.05, 0.1) is 25.5 Å². The number of hydrogen-bond donors (Lipinski definition) is 2. The minimum Gasteiger partial charge on any atom is -0.468 e. The predicted octanol–water partition coefficient (Wildman–Crippen LogP) is -0.903. The van der Waals surface area contributed by atoms with Gasteiger partial charge in [-0.15, -0.1) is 0 Å². The number of likely N-dealkylation sites (N-methyl/N-ethyl adjacent to an activating group) is 1. The van der Waals surface area contributed by atoms with Crippen LogP contribution in [0.15, 0.2) is 16.5 Å².